The Bertz CT molecular complexity index is 511. The third-order valence-corrected chi connectivity index (χ3v) is 3.49. The van der Waals surface area contributed by atoms with Gasteiger partial charge in [0.05, 0.1) is 6.61 Å². The maximum absolute atomic E-state index is 11.9. The number of ether oxygens (including phenoxy) is 1. The standard InChI is InChI=1S/C15H23O6P/c1-2-3-4-5-6-9-12-20-15(16)13-10-7-8-11-14(13)21-22(17,18)19/h7-8,10-11H,2-6,9,12H2,1H3,(H2,17,18,19). The minimum atomic E-state index is -4.71. The van der Waals surface area contributed by atoms with E-state index in [1.807, 2.05) is 0 Å². The second kappa shape index (κ2) is 9.62. The summed E-state index contributed by atoms with van der Waals surface area (Å²) in [6.07, 6.45) is 6.47. The van der Waals surface area contributed by atoms with Crippen LogP contribution in [0, 0.1) is 0 Å². The Labute approximate surface area is 130 Å². The van der Waals surface area contributed by atoms with Crippen molar-refractivity contribution in [3.05, 3.63) is 29.8 Å². The highest BCUT2D eigenvalue weighted by Gasteiger charge is 2.21. The van der Waals surface area contributed by atoms with E-state index in [-0.39, 0.29) is 17.9 Å². The summed E-state index contributed by atoms with van der Waals surface area (Å²) in [6.45, 7) is 2.44. The predicted molar refractivity (Wildman–Crippen MR) is 82.8 cm³/mol. The van der Waals surface area contributed by atoms with Gasteiger partial charge in [0.1, 0.15) is 11.3 Å². The molecule has 0 heterocycles. The highest BCUT2D eigenvalue weighted by Crippen LogP contribution is 2.39. The summed E-state index contributed by atoms with van der Waals surface area (Å²) < 4.78 is 20.5. The number of para-hydroxylation sites is 1. The number of benzene rings is 1. The minimum absolute atomic E-state index is 0.0109. The van der Waals surface area contributed by atoms with Crippen LogP contribution >= 0.6 is 7.82 Å². The smallest absolute Gasteiger partial charge is 0.462 e. The third kappa shape index (κ3) is 7.59. The molecule has 22 heavy (non-hydrogen) atoms. The number of unbranched alkanes of at least 4 members (excludes halogenated alkanes) is 5. The molecule has 0 saturated heterocycles. The van der Waals surface area contributed by atoms with Gasteiger partial charge in [-0.15, -0.1) is 0 Å². The number of hydrogen-bond donors (Lipinski definition) is 2. The highest BCUT2D eigenvalue weighted by atomic mass is 31.2. The van der Waals surface area contributed by atoms with E-state index < -0.39 is 13.8 Å². The van der Waals surface area contributed by atoms with Crippen molar-refractivity contribution in [1.82, 2.24) is 0 Å². The SMILES string of the molecule is CCCCCCCCOC(=O)c1ccccc1OP(=O)(O)O. The van der Waals surface area contributed by atoms with Crippen LogP contribution in [0.25, 0.3) is 0 Å². The normalized spacial score (nSPS) is 11.2. The van der Waals surface area contributed by atoms with Crippen molar-refractivity contribution >= 4 is 13.8 Å². The molecule has 0 atom stereocenters. The Balaban J connectivity index is 2.44. The van der Waals surface area contributed by atoms with Crippen LogP contribution in [0.2, 0.25) is 0 Å². The van der Waals surface area contributed by atoms with Gasteiger partial charge in [0.25, 0.3) is 0 Å². The fourth-order valence-electron chi connectivity index (χ4n) is 1.97. The summed E-state index contributed by atoms with van der Waals surface area (Å²) in [7, 11) is -4.71. The summed E-state index contributed by atoms with van der Waals surface area (Å²) in [4.78, 5) is 29.6. The number of rotatable bonds is 10. The van der Waals surface area contributed by atoms with Gasteiger partial charge >= 0.3 is 13.8 Å². The van der Waals surface area contributed by atoms with Crippen LogP contribution in [0.5, 0.6) is 5.75 Å². The lowest BCUT2D eigenvalue weighted by Crippen LogP contribution is -2.08. The number of carbonyl (C=O) groups excluding carboxylic acids is 1. The molecule has 0 aliphatic carbocycles. The number of hydrogen-bond acceptors (Lipinski definition) is 4. The molecule has 124 valence electrons. The van der Waals surface area contributed by atoms with E-state index in [9.17, 15) is 9.36 Å². The third-order valence-electron chi connectivity index (χ3n) is 3.06. The number of phosphoric ester groups is 1. The molecule has 0 spiro atoms. The molecule has 0 aliphatic rings. The van der Waals surface area contributed by atoms with Crippen molar-refractivity contribution in [3.63, 3.8) is 0 Å². The van der Waals surface area contributed by atoms with Crippen LogP contribution in [0.3, 0.4) is 0 Å². The predicted octanol–water partition coefficient (Wildman–Crippen LogP) is 3.68. The molecular weight excluding hydrogens is 307 g/mol. The van der Waals surface area contributed by atoms with Gasteiger partial charge in [0.15, 0.2) is 0 Å². The average Bonchev–Trinajstić information content (AvgIpc) is 2.45. The van der Waals surface area contributed by atoms with Crippen molar-refractivity contribution in [2.45, 2.75) is 45.4 Å². The molecule has 1 rings (SSSR count). The first-order valence-electron chi connectivity index (χ1n) is 7.45. The van der Waals surface area contributed by atoms with Crippen LogP contribution in [-0.2, 0) is 9.30 Å². The van der Waals surface area contributed by atoms with E-state index in [4.69, 9.17) is 14.5 Å². The molecule has 0 fully saturated rings. The van der Waals surface area contributed by atoms with Crippen molar-refractivity contribution in [2.24, 2.45) is 0 Å². The summed E-state index contributed by atoms with van der Waals surface area (Å²) >= 11 is 0. The van der Waals surface area contributed by atoms with Gasteiger partial charge in [-0.1, -0.05) is 51.2 Å². The molecule has 0 bridgehead atoms. The van der Waals surface area contributed by atoms with Gasteiger partial charge in [-0.3, -0.25) is 9.79 Å². The first-order chi connectivity index (χ1) is 10.4. The molecule has 0 unspecified atom stereocenters. The molecule has 0 saturated carbocycles. The number of phosphoric acid groups is 1. The Morgan fingerprint density at radius 2 is 1.73 bits per heavy atom. The average molecular weight is 330 g/mol. The molecular formula is C15H23O6P. The highest BCUT2D eigenvalue weighted by molar-refractivity contribution is 7.46. The molecule has 1 aromatic carbocycles. The van der Waals surface area contributed by atoms with Gasteiger partial charge in [-0.25, -0.2) is 9.36 Å². The van der Waals surface area contributed by atoms with Crippen molar-refractivity contribution in [1.29, 1.82) is 0 Å². The topological polar surface area (TPSA) is 93.1 Å². The Hall–Kier alpha value is -1.36. The number of carbonyl (C=O) groups is 1. The maximum atomic E-state index is 11.9. The van der Waals surface area contributed by atoms with Gasteiger partial charge in [0, 0.05) is 0 Å². The summed E-state index contributed by atoms with van der Waals surface area (Å²) in [6, 6.07) is 5.83. The first-order valence-corrected chi connectivity index (χ1v) is 8.98. The largest absolute Gasteiger partial charge is 0.524 e. The zero-order valence-corrected chi connectivity index (χ0v) is 13.6. The van der Waals surface area contributed by atoms with E-state index in [2.05, 4.69) is 11.4 Å². The van der Waals surface area contributed by atoms with Crippen molar-refractivity contribution < 1.29 is 28.4 Å². The lowest BCUT2D eigenvalue weighted by molar-refractivity contribution is 0.0495. The van der Waals surface area contributed by atoms with Gasteiger partial charge < -0.3 is 9.26 Å². The molecule has 0 radical (unpaired) electrons. The molecule has 7 heteroatoms. The van der Waals surface area contributed by atoms with Crippen LogP contribution in [0.4, 0.5) is 0 Å². The second-order valence-corrected chi connectivity index (χ2v) is 6.15. The lowest BCUT2D eigenvalue weighted by Gasteiger charge is -2.11. The molecule has 0 aromatic heterocycles. The van der Waals surface area contributed by atoms with E-state index in [1.165, 1.54) is 37.5 Å². The Morgan fingerprint density at radius 1 is 1.09 bits per heavy atom. The zero-order chi connectivity index (χ0) is 16.4. The summed E-state index contributed by atoms with van der Waals surface area (Å²) in [5.74, 6) is -0.818. The molecule has 6 nitrogen and oxygen atoms in total. The fraction of sp³-hybridized carbons (Fsp3) is 0.533. The summed E-state index contributed by atoms with van der Waals surface area (Å²) in [5, 5.41) is 0. The van der Waals surface area contributed by atoms with E-state index in [0.717, 1.165) is 19.3 Å². The van der Waals surface area contributed by atoms with Crippen molar-refractivity contribution in [3.8, 4) is 5.75 Å². The van der Waals surface area contributed by atoms with Gasteiger partial charge in [0.2, 0.25) is 0 Å². The van der Waals surface area contributed by atoms with Crippen LogP contribution in [-0.4, -0.2) is 22.4 Å². The molecule has 2 N–H and O–H groups in total. The second-order valence-electron chi connectivity index (χ2n) is 4.98. The van der Waals surface area contributed by atoms with Crippen LogP contribution in [0.1, 0.15) is 55.8 Å². The van der Waals surface area contributed by atoms with Crippen molar-refractivity contribution in [2.75, 3.05) is 6.61 Å². The van der Waals surface area contributed by atoms with Crippen LogP contribution < -0.4 is 4.52 Å². The monoisotopic (exact) mass is 330 g/mol. The van der Waals surface area contributed by atoms with E-state index >= 15 is 0 Å². The quantitative estimate of drug-likeness (QED) is 0.386. The Kier molecular flexibility index (Phi) is 8.17. The van der Waals surface area contributed by atoms with Gasteiger partial charge in [-0.05, 0) is 18.6 Å². The lowest BCUT2D eigenvalue weighted by atomic mass is 10.1. The summed E-state index contributed by atoms with van der Waals surface area (Å²) in [5.41, 5.74) is 0.0109. The molecule has 0 amide bonds. The molecule has 0 aliphatic heterocycles. The van der Waals surface area contributed by atoms with E-state index in [1.54, 1.807) is 6.07 Å². The minimum Gasteiger partial charge on any atom is -0.462 e. The maximum Gasteiger partial charge on any atom is 0.524 e. The van der Waals surface area contributed by atoms with Gasteiger partial charge in [-0.2, -0.15) is 0 Å². The first kappa shape index (κ1) is 18.7. The molecule has 1 aromatic rings. The number of esters is 1. The Morgan fingerprint density at radius 3 is 2.41 bits per heavy atom. The van der Waals surface area contributed by atoms with E-state index in [0.29, 0.717) is 0 Å². The fourth-order valence-corrected chi connectivity index (χ4v) is 2.38. The van der Waals surface area contributed by atoms with Crippen LogP contribution in [0.15, 0.2) is 24.3 Å². The zero-order valence-electron chi connectivity index (χ0n) is 12.7.